The van der Waals surface area contributed by atoms with Gasteiger partial charge in [-0.3, -0.25) is 4.99 Å². The van der Waals surface area contributed by atoms with Crippen molar-refractivity contribution in [1.29, 1.82) is 0 Å². The molecule has 0 unspecified atom stereocenters. The monoisotopic (exact) mass is 366 g/mol. The second-order valence-electron chi connectivity index (χ2n) is 6.78. The third kappa shape index (κ3) is 4.86. The summed E-state index contributed by atoms with van der Waals surface area (Å²) >= 11 is 1.82. The highest BCUT2D eigenvalue weighted by Gasteiger charge is 2.32. The molecule has 2 aliphatic rings. The molecule has 140 valence electrons. The number of hydrogen-bond donors (Lipinski definition) is 2. The van der Waals surface area contributed by atoms with E-state index in [-0.39, 0.29) is 5.60 Å². The Balaban J connectivity index is 1.45. The van der Waals surface area contributed by atoms with Gasteiger partial charge in [-0.05, 0) is 30.4 Å². The smallest absolute Gasteiger partial charge is 0.191 e. The SMILES string of the molecule is CN=C(NCC1(OC)CCOCC1)NC1CCN(c2cccs2)CC1. The van der Waals surface area contributed by atoms with E-state index in [1.54, 1.807) is 7.11 Å². The number of aliphatic imine (C=N–C) groups is 1. The number of nitrogens with zero attached hydrogens (tertiary/aromatic N) is 2. The molecule has 3 heterocycles. The van der Waals surface area contributed by atoms with Gasteiger partial charge >= 0.3 is 0 Å². The molecule has 0 bridgehead atoms. The van der Waals surface area contributed by atoms with Gasteiger partial charge in [0.2, 0.25) is 0 Å². The Kier molecular flexibility index (Phi) is 6.56. The van der Waals surface area contributed by atoms with Crippen molar-refractivity contribution >= 4 is 22.3 Å². The summed E-state index contributed by atoms with van der Waals surface area (Å²) in [5, 5.41) is 10.6. The molecule has 3 rings (SSSR count). The zero-order valence-electron chi connectivity index (χ0n) is 15.3. The number of hydrogen-bond acceptors (Lipinski definition) is 5. The largest absolute Gasteiger partial charge is 0.381 e. The summed E-state index contributed by atoms with van der Waals surface area (Å²) in [4.78, 5) is 6.87. The van der Waals surface area contributed by atoms with Gasteiger partial charge < -0.3 is 25.0 Å². The minimum Gasteiger partial charge on any atom is -0.381 e. The van der Waals surface area contributed by atoms with E-state index in [1.165, 1.54) is 5.00 Å². The Morgan fingerprint density at radius 3 is 2.76 bits per heavy atom. The van der Waals surface area contributed by atoms with Gasteiger partial charge in [-0.2, -0.15) is 0 Å². The van der Waals surface area contributed by atoms with Gasteiger partial charge in [-0.15, -0.1) is 11.3 Å². The molecule has 6 nitrogen and oxygen atoms in total. The van der Waals surface area contributed by atoms with E-state index < -0.39 is 0 Å². The molecule has 2 fully saturated rings. The molecule has 0 aliphatic carbocycles. The van der Waals surface area contributed by atoms with Crippen molar-refractivity contribution in [2.75, 3.05) is 51.9 Å². The van der Waals surface area contributed by atoms with Crippen molar-refractivity contribution in [1.82, 2.24) is 10.6 Å². The number of rotatable bonds is 5. The zero-order valence-corrected chi connectivity index (χ0v) is 16.1. The molecular weight excluding hydrogens is 336 g/mol. The maximum absolute atomic E-state index is 5.79. The fourth-order valence-corrected chi connectivity index (χ4v) is 4.31. The van der Waals surface area contributed by atoms with Crippen LogP contribution in [0.3, 0.4) is 0 Å². The molecule has 2 saturated heterocycles. The molecule has 1 aromatic rings. The van der Waals surface area contributed by atoms with Crippen LogP contribution in [-0.2, 0) is 9.47 Å². The molecule has 0 amide bonds. The van der Waals surface area contributed by atoms with Gasteiger partial charge in [-0.25, -0.2) is 0 Å². The Hall–Kier alpha value is -1.31. The lowest BCUT2D eigenvalue weighted by atomic mass is 9.94. The fourth-order valence-electron chi connectivity index (χ4n) is 3.52. The summed E-state index contributed by atoms with van der Waals surface area (Å²) in [6.07, 6.45) is 4.10. The number of guanidine groups is 1. The van der Waals surface area contributed by atoms with Gasteiger partial charge in [0.05, 0.1) is 10.6 Å². The summed E-state index contributed by atoms with van der Waals surface area (Å²) in [5.41, 5.74) is -0.140. The number of piperidine rings is 1. The highest BCUT2D eigenvalue weighted by molar-refractivity contribution is 7.14. The van der Waals surface area contributed by atoms with Crippen LogP contribution in [-0.4, -0.2) is 64.6 Å². The van der Waals surface area contributed by atoms with Crippen LogP contribution in [0.1, 0.15) is 25.7 Å². The second kappa shape index (κ2) is 8.87. The van der Waals surface area contributed by atoms with Crippen molar-refractivity contribution in [3.05, 3.63) is 17.5 Å². The van der Waals surface area contributed by atoms with E-state index in [1.807, 2.05) is 18.4 Å². The Labute approximate surface area is 154 Å². The summed E-state index contributed by atoms with van der Waals surface area (Å²) in [5.74, 6) is 0.873. The van der Waals surface area contributed by atoms with Gasteiger partial charge in [0.25, 0.3) is 0 Å². The third-order valence-corrected chi connectivity index (χ3v) is 6.22. The first kappa shape index (κ1) is 18.5. The molecular formula is C18H30N4O2S. The third-order valence-electron chi connectivity index (χ3n) is 5.29. The average molecular weight is 367 g/mol. The van der Waals surface area contributed by atoms with Crippen molar-refractivity contribution in [2.45, 2.75) is 37.3 Å². The lowest BCUT2D eigenvalue weighted by Gasteiger charge is -2.37. The molecule has 0 spiro atoms. The standard InChI is InChI=1S/C18H30N4O2S/c1-19-17(20-14-18(23-2)7-11-24-12-8-18)21-15-5-9-22(10-6-15)16-4-3-13-25-16/h3-4,13,15H,5-12,14H2,1-2H3,(H2,19,20,21). The maximum atomic E-state index is 5.79. The summed E-state index contributed by atoms with van der Waals surface area (Å²) in [6, 6.07) is 4.80. The maximum Gasteiger partial charge on any atom is 0.191 e. The van der Waals surface area contributed by atoms with Gasteiger partial charge in [-0.1, -0.05) is 0 Å². The first-order valence-corrected chi connectivity index (χ1v) is 10.0. The van der Waals surface area contributed by atoms with Crippen molar-refractivity contribution in [3.63, 3.8) is 0 Å². The number of anilines is 1. The van der Waals surface area contributed by atoms with Crippen LogP contribution in [0.4, 0.5) is 5.00 Å². The molecule has 2 N–H and O–H groups in total. The topological polar surface area (TPSA) is 58.1 Å². The second-order valence-corrected chi connectivity index (χ2v) is 7.71. The number of ether oxygens (including phenoxy) is 2. The zero-order chi connectivity index (χ0) is 17.5. The molecule has 0 atom stereocenters. The van der Waals surface area contributed by atoms with E-state index >= 15 is 0 Å². The molecule has 25 heavy (non-hydrogen) atoms. The summed E-state index contributed by atoms with van der Waals surface area (Å²) in [7, 11) is 3.63. The van der Waals surface area contributed by atoms with Crippen molar-refractivity contribution < 1.29 is 9.47 Å². The van der Waals surface area contributed by atoms with E-state index in [0.717, 1.165) is 64.5 Å². The Morgan fingerprint density at radius 1 is 1.40 bits per heavy atom. The minimum atomic E-state index is -0.140. The quantitative estimate of drug-likeness (QED) is 0.617. The van der Waals surface area contributed by atoms with Crippen LogP contribution in [0.15, 0.2) is 22.5 Å². The summed E-state index contributed by atoms with van der Waals surface area (Å²) in [6.45, 7) is 4.48. The molecule has 2 aliphatic heterocycles. The minimum absolute atomic E-state index is 0.140. The molecule has 1 aromatic heterocycles. The van der Waals surface area contributed by atoms with E-state index in [2.05, 4.69) is 38.0 Å². The average Bonchev–Trinajstić information content (AvgIpc) is 3.21. The van der Waals surface area contributed by atoms with Crippen LogP contribution in [0, 0.1) is 0 Å². The molecule has 0 saturated carbocycles. The predicted molar refractivity (Wildman–Crippen MR) is 104 cm³/mol. The normalized spacial score (nSPS) is 22.0. The van der Waals surface area contributed by atoms with Crippen LogP contribution >= 0.6 is 11.3 Å². The predicted octanol–water partition coefficient (Wildman–Crippen LogP) is 2.08. The van der Waals surface area contributed by atoms with Crippen LogP contribution in [0.2, 0.25) is 0 Å². The molecule has 0 aromatic carbocycles. The van der Waals surface area contributed by atoms with Crippen LogP contribution in [0.25, 0.3) is 0 Å². The Bertz CT molecular complexity index is 535. The highest BCUT2D eigenvalue weighted by Crippen LogP contribution is 2.25. The van der Waals surface area contributed by atoms with Crippen LogP contribution in [0.5, 0.6) is 0 Å². The van der Waals surface area contributed by atoms with Gasteiger partial charge in [0, 0.05) is 65.9 Å². The van der Waals surface area contributed by atoms with E-state index in [4.69, 9.17) is 9.47 Å². The van der Waals surface area contributed by atoms with E-state index in [0.29, 0.717) is 6.04 Å². The fraction of sp³-hybridized carbons (Fsp3) is 0.722. The van der Waals surface area contributed by atoms with Crippen molar-refractivity contribution in [3.8, 4) is 0 Å². The first-order valence-electron chi connectivity index (χ1n) is 9.13. The van der Waals surface area contributed by atoms with E-state index in [9.17, 15) is 0 Å². The Morgan fingerprint density at radius 2 is 2.16 bits per heavy atom. The first-order chi connectivity index (χ1) is 12.2. The highest BCUT2D eigenvalue weighted by atomic mass is 32.1. The van der Waals surface area contributed by atoms with Gasteiger partial charge in [0.15, 0.2) is 5.96 Å². The number of thiophene rings is 1. The number of methoxy groups -OCH3 is 1. The molecule has 0 radical (unpaired) electrons. The molecule has 7 heteroatoms. The lowest BCUT2D eigenvalue weighted by Crippen LogP contribution is -2.53. The summed E-state index contributed by atoms with van der Waals surface area (Å²) < 4.78 is 11.3. The lowest BCUT2D eigenvalue weighted by molar-refractivity contribution is -0.0855. The number of nitrogens with one attached hydrogen (secondary N) is 2. The van der Waals surface area contributed by atoms with Crippen molar-refractivity contribution in [2.24, 2.45) is 4.99 Å². The van der Waals surface area contributed by atoms with Gasteiger partial charge in [0.1, 0.15) is 0 Å². The van der Waals surface area contributed by atoms with Crippen LogP contribution < -0.4 is 15.5 Å².